The molecular formula is C30H26F2N8O3. The van der Waals surface area contributed by atoms with Gasteiger partial charge >= 0.3 is 0 Å². The van der Waals surface area contributed by atoms with Crippen LogP contribution in [0.4, 0.5) is 14.6 Å². The lowest BCUT2D eigenvalue weighted by atomic mass is 10.1. The highest BCUT2D eigenvalue weighted by Gasteiger charge is 2.31. The summed E-state index contributed by atoms with van der Waals surface area (Å²) in [5.41, 5.74) is 8.75. The minimum absolute atomic E-state index is 0.172. The molecule has 4 heterocycles. The number of hydrogen-bond acceptors (Lipinski definition) is 9. The van der Waals surface area contributed by atoms with Crippen molar-refractivity contribution in [1.82, 2.24) is 34.6 Å². The van der Waals surface area contributed by atoms with Gasteiger partial charge in [-0.15, -0.1) is 0 Å². The Morgan fingerprint density at radius 3 is 2.56 bits per heavy atom. The first kappa shape index (κ1) is 27.7. The summed E-state index contributed by atoms with van der Waals surface area (Å²) in [5.74, 6) is -0.346. The molecule has 0 bridgehead atoms. The zero-order valence-electron chi connectivity index (χ0n) is 23.1. The van der Waals surface area contributed by atoms with Crippen molar-refractivity contribution >= 4 is 22.8 Å². The number of likely N-dealkylation sites (tertiary alicyclic amines) is 1. The van der Waals surface area contributed by atoms with Gasteiger partial charge in [0.1, 0.15) is 53.3 Å². The van der Waals surface area contributed by atoms with E-state index in [0.717, 1.165) is 5.56 Å². The summed E-state index contributed by atoms with van der Waals surface area (Å²) in [7, 11) is 0. The standard InChI is InChI=1S/C30H26F2N8O3/c1-17(31)30(41)39-8-7-22(14-39)40-29-26(28(33)36-16-37-29)27(38-40)20-3-5-23(6-4-20)43-25-10-21(32)9-24(11-25)42-15-19-12-34-18(2)35-13-19/h3-6,9-13,16,22H,1,7-8,14-15H2,2H3,(H2,33,36,37)/t22-/m1/s1. The van der Waals surface area contributed by atoms with Gasteiger partial charge in [0.15, 0.2) is 11.5 Å². The predicted octanol–water partition coefficient (Wildman–Crippen LogP) is 4.94. The Bertz CT molecular complexity index is 1830. The molecule has 6 rings (SSSR count). The van der Waals surface area contributed by atoms with E-state index in [1.807, 2.05) is 0 Å². The van der Waals surface area contributed by atoms with Crippen LogP contribution in [-0.4, -0.2) is 53.6 Å². The number of rotatable bonds is 8. The molecule has 1 fully saturated rings. The number of halogens is 2. The third-order valence-electron chi connectivity index (χ3n) is 6.99. The molecule has 1 amide bonds. The van der Waals surface area contributed by atoms with Crippen LogP contribution in [0.3, 0.4) is 0 Å². The van der Waals surface area contributed by atoms with Gasteiger partial charge in [0.2, 0.25) is 0 Å². The van der Waals surface area contributed by atoms with Crippen LogP contribution in [0.1, 0.15) is 23.9 Å². The molecule has 218 valence electrons. The van der Waals surface area contributed by atoms with Crippen LogP contribution in [-0.2, 0) is 11.4 Å². The Morgan fingerprint density at radius 2 is 1.81 bits per heavy atom. The van der Waals surface area contributed by atoms with Crippen molar-refractivity contribution in [1.29, 1.82) is 0 Å². The molecular weight excluding hydrogens is 558 g/mol. The molecule has 0 aliphatic carbocycles. The largest absolute Gasteiger partial charge is 0.489 e. The first-order valence-corrected chi connectivity index (χ1v) is 13.4. The molecule has 1 saturated heterocycles. The van der Waals surface area contributed by atoms with E-state index >= 15 is 0 Å². The fourth-order valence-electron chi connectivity index (χ4n) is 4.91. The van der Waals surface area contributed by atoms with Crippen LogP contribution in [0.25, 0.3) is 22.3 Å². The fourth-order valence-corrected chi connectivity index (χ4v) is 4.91. The lowest BCUT2D eigenvalue weighted by Gasteiger charge is -2.15. The van der Waals surface area contributed by atoms with E-state index in [9.17, 15) is 13.6 Å². The molecule has 1 atom stereocenters. The van der Waals surface area contributed by atoms with Gasteiger partial charge in [-0.25, -0.2) is 33.4 Å². The first-order chi connectivity index (χ1) is 20.7. The number of amides is 1. The number of nitrogens with zero attached hydrogens (tertiary/aromatic N) is 7. The third-order valence-corrected chi connectivity index (χ3v) is 6.99. The van der Waals surface area contributed by atoms with Gasteiger partial charge in [-0.3, -0.25) is 4.79 Å². The number of aromatic nitrogens is 6. The Morgan fingerprint density at radius 1 is 1.07 bits per heavy atom. The molecule has 1 aliphatic heterocycles. The number of ether oxygens (including phenoxy) is 2. The van der Waals surface area contributed by atoms with E-state index in [1.165, 1.54) is 23.4 Å². The van der Waals surface area contributed by atoms with E-state index in [2.05, 4.69) is 26.5 Å². The maximum absolute atomic E-state index is 14.4. The van der Waals surface area contributed by atoms with Crippen molar-refractivity contribution in [2.45, 2.75) is 26.0 Å². The van der Waals surface area contributed by atoms with Gasteiger partial charge < -0.3 is 20.1 Å². The van der Waals surface area contributed by atoms with Crippen LogP contribution in [0.5, 0.6) is 17.2 Å². The van der Waals surface area contributed by atoms with Crippen LogP contribution in [0.15, 0.2) is 73.6 Å². The summed E-state index contributed by atoms with van der Waals surface area (Å²) in [6.45, 7) is 5.69. The molecule has 1 aliphatic rings. The monoisotopic (exact) mass is 584 g/mol. The lowest BCUT2D eigenvalue weighted by Crippen LogP contribution is -2.29. The molecule has 0 unspecified atom stereocenters. The third kappa shape index (κ3) is 5.82. The summed E-state index contributed by atoms with van der Waals surface area (Å²) in [4.78, 5) is 30.3. The van der Waals surface area contributed by atoms with Gasteiger partial charge in [-0.1, -0.05) is 6.58 Å². The lowest BCUT2D eigenvalue weighted by molar-refractivity contribution is -0.127. The highest BCUT2D eigenvalue weighted by Crippen LogP contribution is 2.35. The maximum Gasteiger partial charge on any atom is 0.282 e. The van der Waals surface area contributed by atoms with Crippen molar-refractivity contribution in [3.63, 3.8) is 0 Å². The van der Waals surface area contributed by atoms with Crippen molar-refractivity contribution in [3.05, 3.63) is 90.8 Å². The van der Waals surface area contributed by atoms with E-state index in [4.69, 9.17) is 20.3 Å². The number of aryl methyl sites for hydroxylation is 1. The van der Waals surface area contributed by atoms with Gasteiger partial charge in [-0.05, 0) is 37.6 Å². The number of benzene rings is 2. The Balaban J connectivity index is 1.22. The second kappa shape index (κ2) is 11.4. The topological polar surface area (TPSA) is 134 Å². The molecule has 0 spiro atoms. The van der Waals surface area contributed by atoms with Crippen molar-refractivity contribution in [2.24, 2.45) is 0 Å². The summed E-state index contributed by atoms with van der Waals surface area (Å²) in [5, 5.41) is 5.35. The molecule has 2 N–H and O–H groups in total. The minimum atomic E-state index is -1.00. The maximum atomic E-state index is 14.4. The second-order valence-electron chi connectivity index (χ2n) is 10.0. The molecule has 0 radical (unpaired) electrons. The highest BCUT2D eigenvalue weighted by atomic mass is 19.1. The quantitative estimate of drug-likeness (QED) is 0.252. The summed E-state index contributed by atoms with van der Waals surface area (Å²) >= 11 is 0. The van der Waals surface area contributed by atoms with E-state index in [-0.39, 0.29) is 30.8 Å². The van der Waals surface area contributed by atoms with Gasteiger partial charge in [-0.2, -0.15) is 5.10 Å². The Hall–Kier alpha value is -5.46. The van der Waals surface area contributed by atoms with Gasteiger partial charge in [0, 0.05) is 54.8 Å². The predicted molar refractivity (Wildman–Crippen MR) is 153 cm³/mol. The zero-order valence-corrected chi connectivity index (χ0v) is 23.1. The molecule has 13 heteroatoms. The molecule has 2 aromatic carbocycles. The summed E-state index contributed by atoms with van der Waals surface area (Å²) < 4.78 is 41.1. The minimum Gasteiger partial charge on any atom is -0.489 e. The van der Waals surface area contributed by atoms with Crippen LogP contribution >= 0.6 is 0 Å². The second-order valence-corrected chi connectivity index (χ2v) is 10.0. The Labute approximate surface area is 244 Å². The van der Waals surface area contributed by atoms with Crippen molar-refractivity contribution in [2.75, 3.05) is 18.8 Å². The number of hydrogen-bond donors (Lipinski definition) is 1. The van der Waals surface area contributed by atoms with Crippen LogP contribution < -0.4 is 15.2 Å². The molecule has 11 nitrogen and oxygen atoms in total. The first-order valence-electron chi connectivity index (χ1n) is 13.4. The number of nitrogens with two attached hydrogens (primary N) is 1. The van der Waals surface area contributed by atoms with Crippen molar-refractivity contribution in [3.8, 4) is 28.5 Å². The number of fused-ring (bicyclic) bond motifs is 1. The van der Waals surface area contributed by atoms with Gasteiger partial charge in [0.25, 0.3) is 5.91 Å². The summed E-state index contributed by atoms with van der Waals surface area (Å²) in [6.07, 6.45) is 5.22. The fraction of sp³-hybridized carbons (Fsp3) is 0.200. The smallest absolute Gasteiger partial charge is 0.282 e. The summed E-state index contributed by atoms with van der Waals surface area (Å²) in [6, 6.07) is 10.9. The number of anilines is 1. The highest BCUT2D eigenvalue weighted by molar-refractivity contribution is 5.98. The number of carbonyl (C=O) groups excluding carboxylic acids is 1. The number of carbonyl (C=O) groups is 1. The number of nitrogen functional groups attached to an aromatic ring is 1. The van der Waals surface area contributed by atoms with E-state index < -0.39 is 17.6 Å². The molecule has 5 aromatic rings. The average molecular weight is 585 g/mol. The zero-order chi connectivity index (χ0) is 30.1. The van der Waals surface area contributed by atoms with Crippen LogP contribution in [0, 0.1) is 12.7 Å². The normalized spacial score (nSPS) is 14.7. The van der Waals surface area contributed by atoms with Gasteiger partial charge in [0.05, 0.1) is 11.4 Å². The van der Waals surface area contributed by atoms with Crippen molar-refractivity contribution < 1.29 is 23.0 Å². The molecule has 3 aromatic heterocycles. The Kier molecular flexibility index (Phi) is 7.36. The van der Waals surface area contributed by atoms with Crippen LogP contribution in [0.2, 0.25) is 0 Å². The van der Waals surface area contributed by atoms with E-state index in [1.54, 1.807) is 54.3 Å². The molecule has 43 heavy (non-hydrogen) atoms. The average Bonchev–Trinajstić information content (AvgIpc) is 3.63. The van der Waals surface area contributed by atoms with E-state index in [0.29, 0.717) is 52.6 Å². The SMILES string of the molecule is C=C(F)C(=O)N1CC[C@@H](n2nc(-c3ccc(Oc4cc(F)cc(OCc5cnc(C)nc5)c4)cc3)c3c(N)ncnc32)C1. The molecule has 0 saturated carbocycles.